The average Bonchev–Trinajstić information content (AvgIpc) is 3.24. The first-order valence-electron chi connectivity index (χ1n) is 10.0. The van der Waals surface area contributed by atoms with Gasteiger partial charge in [-0.1, -0.05) is 47.0 Å². The molecule has 3 aromatic rings. The zero-order chi connectivity index (χ0) is 22.9. The van der Waals surface area contributed by atoms with E-state index in [1.165, 1.54) is 15.6 Å². The molecule has 1 aliphatic heterocycles. The number of rotatable bonds is 5. The number of benzene rings is 2. The van der Waals surface area contributed by atoms with Crippen molar-refractivity contribution in [3.8, 4) is 11.3 Å². The minimum atomic E-state index is -3.55. The summed E-state index contributed by atoms with van der Waals surface area (Å²) in [6.45, 7) is 2.53. The normalized spacial score (nSPS) is 15.6. The quantitative estimate of drug-likeness (QED) is 0.494. The lowest BCUT2D eigenvalue weighted by Crippen LogP contribution is -2.41. The standard InChI is InChI=1S/C22H21Cl2N3O3S2/c1-14-2-5-17(6-3-14)32(29,30)27-10-8-15(9-11-27)21(28)26-22-25-20(13-31-22)16-4-7-18(23)19(24)12-16/h2-7,12-13,15H,8-11H2,1H3,(H,25,26,28). The molecule has 6 nitrogen and oxygen atoms in total. The van der Waals surface area contributed by atoms with Crippen molar-refractivity contribution in [1.82, 2.24) is 9.29 Å². The Balaban J connectivity index is 1.36. The molecule has 0 bridgehead atoms. The van der Waals surface area contributed by atoms with E-state index in [1.54, 1.807) is 36.4 Å². The summed E-state index contributed by atoms with van der Waals surface area (Å²) in [6.07, 6.45) is 0.921. The molecule has 1 fully saturated rings. The predicted molar refractivity (Wildman–Crippen MR) is 129 cm³/mol. The van der Waals surface area contributed by atoms with E-state index >= 15 is 0 Å². The van der Waals surface area contributed by atoms with Gasteiger partial charge >= 0.3 is 0 Å². The van der Waals surface area contributed by atoms with E-state index in [4.69, 9.17) is 23.2 Å². The second-order valence-electron chi connectivity index (χ2n) is 7.65. The van der Waals surface area contributed by atoms with E-state index < -0.39 is 10.0 Å². The fourth-order valence-corrected chi connectivity index (χ4v) is 6.03. The van der Waals surface area contributed by atoms with Gasteiger partial charge in [-0.3, -0.25) is 4.79 Å². The lowest BCUT2D eigenvalue weighted by Gasteiger charge is -2.30. The van der Waals surface area contributed by atoms with Crippen molar-refractivity contribution < 1.29 is 13.2 Å². The predicted octanol–water partition coefficient (Wildman–Crippen LogP) is 5.46. The third kappa shape index (κ3) is 5.00. The number of hydrogen-bond acceptors (Lipinski definition) is 5. The number of carbonyl (C=O) groups is 1. The van der Waals surface area contributed by atoms with E-state index in [1.807, 2.05) is 18.4 Å². The second kappa shape index (κ2) is 9.49. The number of anilines is 1. The number of amides is 1. The van der Waals surface area contributed by atoms with Gasteiger partial charge in [0, 0.05) is 30.0 Å². The van der Waals surface area contributed by atoms with Crippen molar-refractivity contribution in [2.75, 3.05) is 18.4 Å². The van der Waals surface area contributed by atoms with E-state index in [0.29, 0.717) is 46.8 Å². The first-order valence-corrected chi connectivity index (χ1v) is 13.1. The molecule has 0 spiro atoms. The van der Waals surface area contributed by atoms with Crippen LogP contribution < -0.4 is 5.32 Å². The van der Waals surface area contributed by atoms with Gasteiger partial charge in [-0.2, -0.15) is 4.31 Å². The van der Waals surface area contributed by atoms with Crippen LogP contribution in [0.2, 0.25) is 10.0 Å². The smallest absolute Gasteiger partial charge is 0.243 e. The molecule has 4 rings (SSSR count). The highest BCUT2D eigenvalue weighted by atomic mass is 35.5. The zero-order valence-corrected chi connectivity index (χ0v) is 20.4. The number of thiazole rings is 1. The number of aryl methyl sites for hydroxylation is 1. The number of carbonyl (C=O) groups excluding carboxylic acids is 1. The molecule has 1 aliphatic rings. The summed E-state index contributed by atoms with van der Waals surface area (Å²) in [6, 6.07) is 12.1. The maximum atomic E-state index is 12.8. The molecule has 0 radical (unpaired) electrons. The first kappa shape index (κ1) is 23.2. The Kier molecular flexibility index (Phi) is 6.88. The fourth-order valence-electron chi connectivity index (χ4n) is 3.54. The number of nitrogens with zero attached hydrogens (tertiary/aromatic N) is 2. The molecule has 1 amide bonds. The Labute approximate surface area is 201 Å². The van der Waals surface area contributed by atoms with Crippen molar-refractivity contribution in [3.63, 3.8) is 0 Å². The lowest BCUT2D eigenvalue weighted by molar-refractivity contribution is -0.120. The minimum absolute atomic E-state index is 0.146. The van der Waals surface area contributed by atoms with Gasteiger partial charge in [0.2, 0.25) is 15.9 Å². The number of sulfonamides is 1. The van der Waals surface area contributed by atoms with Gasteiger partial charge in [-0.05, 0) is 44.0 Å². The highest BCUT2D eigenvalue weighted by Crippen LogP contribution is 2.31. The van der Waals surface area contributed by atoms with Crippen LogP contribution in [0.1, 0.15) is 18.4 Å². The van der Waals surface area contributed by atoms with Gasteiger partial charge in [0.1, 0.15) is 0 Å². The van der Waals surface area contributed by atoms with E-state index in [-0.39, 0.29) is 16.7 Å². The number of halogens is 2. The largest absolute Gasteiger partial charge is 0.302 e. The number of piperidine rings is 1. The van der Waals surface area contributed by atoms with Crippen LogP contribution >= 0.6 is 34.5 Å². The van der Waals surface area contributed by atoms with Crippen LogP contribution in [0.4, 0.5) is 5.13 Å². The fraction of sp³-hybridized carbons (Fsp3) is 0.273. The summed E-state index contributed by atoms with van der Waals surface area (Å²) in [5, 5.41) is 6.10. The van der Waals surface area contributed by atoms with Crippen LogP contribution in [0.25, 0.3) is 11.3 Å². The van der Waals surface area contributed by atoms with E-state index in [9.17, 15) is 13.2 Å². The molecule has 2 aromatic carbocycles. The van der Waals surface area contributed by atoms with Gasteiger partial charge in [-0.25, -0.2) is 13.4 Å². The first-order chi connectivity index (χ1) is 15.2. The topological polar surface area (TPSA) is 79.4 Å². The van der Waals surface area contributed by atoms with E-state index in [0.717, 1.165) is 11.1 Å². The summed E-state index contributed by atoms with van der Waals surface area (Å²) in [5.41, 5.74) is 2.51. The molecule has 0 saturated carbocycles. The summed E-state index contributed by atoms with van der Waals surface area (Å²) >= 11 is 13.4. The summed E-state index contributed by atoms with van der Waals surface area (Å²) < 4.78 is 27.1. The molecule has 168 valence electrons. The van der Waals surface area contributed by atoms with Crippen molar-refractivity contribution in [2.24, 2.45) is 5.92 Å². The molecular formula is C22H21Cl2N3O3S2. The molecule has 0 atom stereocenters. The van der Waals surface area contributed by atoms with Crippen LogP contribution in [-0.4, -0.2) is 36.7 Å². The van der Waals surface area contributed by atoms with Crippen LogP contribution in [-0.2, 0) is 14.8 Å². The zero-order valence-electron chi connectivity index (χ0n) is 17.2. The molecule has 0 aliphatic carbocycles. The van der Waals surface area contributed by atoms with E-state index in [2.05, 4.69) is 10.3 Å². The maximum Gasteiger partial charge on any atom is 0.243 e. The lowest BCUT2D eigenvalue weighted by atomic mass is 9.97. The Hall–Kier alpha value is -1.97. The molecule has 2 heterocycles. The minimum Gasteiger partial charge on any atom is -0.302 e. The van der Waals surface area contributed by atoms with Gasteiger partial charge in [0.15, 0.2) is 5.13 Å². The maximum absolute atomic E-state index is 12.8. The highest BCUT2D eigenvalue weighted by Gasteiger charge is 2.32. The third-order valence-corrected chi connectivity index (χ3v) is 8.84. The van der Waals surface area contributed by atoms with Crippen LogP contribution in [0.15, 0.2) is 52.7 Å². The molecule has 1 saturated heterocycles. The SMILES string of the molecule is Cc1ccc(S(=O)(=O)N2CCC(C(=O)Nc3nc(-c4ccc(Cl)c(Cl)c4)cs3)CC2)cc1. The number of nitrogens with one attached hydrogen (secondary N) is 1. The highest BCUT2D eigenvalue weighted by molar-refractivity contribution is 7.89. The number of aromatic nitrogens is 1. The third-order valence-electron chi connectivity index (χ3n) is 5.43. The van der Waals surface area contributed by atoms with Crippen LogP contribution in [0, 0.1) is 12.8 Å². The van der Waals surface area contributed by atoms with Crippen LogP contribution in [0.3, 0.4) is 0 Å². The Morgan fingerprint density at radius 2 is 1.78 bits per heavy atom. The number of hydrogen-bond donors (Lipinski definition) is 1. The monoisotopic (exact) mass is 509 g/mol. The average molecular weight is 510 g/mol. The molecular weight excluding hydrogens is 489 g/mol. The molecule has 0 unspecified atom stereocenters. The van der Waals surface area contributed by atoms with Gasteiger partial charge in [-0.15, -0.1) is 11.3 Å². The van der Waals surface area contributed by atoms with Crippen LogP contribution in [0.5, 0.6) is 0 Å². The summed E-state index contributed by atoms with van der Waals surface area (Å²) in [7, 11) is -3.55. The van der Waals surface area contributed by atoms with Gasteiger partial charge in [0.05, 0.1) is 20.6 Å². The summed E-state index contributed by atoms with van der Waals surface area (Å²) in [5.74, 6) is -0.413. The Morgan fingerprint density at radius 3 is 2.44 bits per heavy atom. The van der Waals surface area contributed by atoms with Gasteiger partial charge < -0.3 is 5.32 Å². The summed E-state index contributed by atoms with van der Waals surface area (Å²) in [4.78, 5) is 17.5. The van der Waals surface area contributed by atoms with Gasteiger partial charge in [0.25, 0.3) is 0 Å². The molecule has 32 heavy (non-hydrogen) atoms. The molecule has 10 heteroatoms. The Bertz CT molecular complexity index is 1240. The van der Waals surface area contributed by atoms with Crippen molar-refractivity contribution in [2.45, 2.75) is 24.7 Å². The van der Waals surface area contributed by atoms with Crippen molar-refractivity contribution in [1.29, 1.82) is 0 Å². The second-order valence-corrected chi connectivity index (χ2v) is 11.3. The molecule has 1 aromatic heterocycles. The van der Waals surface area contributed by atoms with Crippen molar-refractivity contribution >= 4 is 55.6 Å². The Morgan fingerprint density at radius 1 is 1.09 bits per heavy atom. The molecule has 1 N–H and O–H groups in total. The van der Waals surface area contributed by atoms with Crippen molar-refractivity contribution in [3.05, 3.63) is 63.5 Å².